The van der Waals surface area contributed by atoms with E-state index in [-0.39, 0.29) is 22.8 Å². The first-order chi connectivity index (χ1) is 13.4. The summed E-state index contributed by atoms with van der Waals surface area (Å²) in [4.78, 5) is 23.2. The minimum absolute atomic E-state index is 0.183. The van der Waals surface area contributed by atoms with E-state index in [1.165, 1.54) is 12.1 Å². The quantitative estimate of drug-likeness (QED) is 0.502. The maximum atomic E-state index is 12.4. The molecular weight excluding hydrogens is 360 g/mol. The number of carbonyl (C=O) groups is 1. The number of nitrogens with one attached hydrogen (secondary N) is 1. The van der Waals surface area contributed by atoms with Crippen LogP contribution in [0.5, 0.6) is 11.5 Å². The number of nitro benzene ring substituents is 1. The van der Waals surface area contributed by atoms with E-state index in [1.54, 1.807) is 23.0 Å². The molecule has 0 radical (unpaired) electrons. The lowest BCUT2D eigenvalue weighted by atomic mass is 10.1. The summed E-state index contributed by atoms with van der Waals surface area (Å²) < 4.78 is 7.48. The van der Waals surface area contributed by atoms with Crippen molar-refractivity contribution in [2.24, 2.45) is 0 Å². The molecule has 1 aromatic heterocycles. The van der Waals surface area contributed by atoms with E-state index >= 15 is 0 Å². The van der Waals surface area contributed by atoms with Gasteiger partial charge < -0.3 is 10.1 Å². The highest BCUT2D eigenvalue weighted by Crippen LogP contribution is 2.31. The fraction of sp³-hybridized carbons (Fsp3) is 0.200. The first kappa shape index (κ1) is 19.1. The van der Waals surface area contributed by atoms with Gasteiger partial charge >= 0.3 is 0 Å². The number of aryl methyl sites for hydroxylation is 3. The molecule has 144 valence electrons. The molecule has 8 heteroatoms. The van der Waals surface area contributed by atoms with Gasteiger partial charge in [0.25, 0.3) is 11.6 Å². The van der Waals surface area contributed by atoms with Crippen LogP contribution < -0.4 is 10.1 Å². The summed E-state index contributed by atoms with van der Waals surface area (Å²) in [5.74, 6) is 0.405. The van der Waals surface area contributed by atoms with E-state index in [1.807, 2.05) is 39.0 Å². The van der Waals surface area contributed by atoms with Crippen LogP contribution in [0.3, 0.4) is 0 Å². The standard InChI is InChI=1S/C20H20N4O4/c1-4-23-8-7-18(22-23)20(25)21-15-10-16(24(26)27)12-17(11-15)28-19-9-13(2)5-6-14(19)3/h5-12H,4H2,1-3H3,(H,21,25). The second-order valence-electron chi connectivity index (χ2n) is 6.35. The number of hydrogen-bond acceptors (Lipinski definition) is 5. The third-order valence-corrected chi connectivity index (χ3v) is 4.13. The van der Waals surface area contributed by atoms with Gasteiger partial charge in [-0.3, -0.25) is 19.6 Å². The van der Waals surface area contributed by atoms with Crippen LogP contribution in [0.4, 0.5) is 11.4 Å². The molecule has 0 atom stereocenters. The molecule has 0 bridgehead atoms. The molecule has 3 rings (SSSR count). The van der Waals surface area contributed by atoms with Gasteiger partial charge in [0, 0.05) is 24.9 Å². The van der Waals surface area contributed by atoms with Crippen LogP contribution in [-0.4, -0.2) is 20.6 Å². The highest BCUT2D eigenvalue weighted by Gasteiger charge is 2.16. The molecule has 1 N–H and O–H groups in total. The van der Waals surface area contributed by atoms with Crippen molar-refractivity contribution in [2.45, 2.75) is 27.3 Å². The van der Waals surface area contributed by atoms with Gasteiger partial charge in [-0.05, 0) is 44.0 Å². The zero-order valence-corrected chi connectivity index (χ0v) is 15.8. The number of amides is 1. The number of aromatic nitrogens is 2. The van der Waals surface area contributed by atoms with E-state index in [2.05, 4.69) is 10.4 Å². The number of ether oxygens (including phenoxy) is 1. The van der Waals surface area contributed by atoms with Crippen LogP contribution in [0.2, 0.25) is 0 Å². The Morgan fingerprint density at radius 2 is 2.00 bits per heavy atom. The van der Waals surface area contributed by atoms with Gasteiger partial charge in [-0.25, -0.2) is 0 Å². The van der Waals surface area contributed by atoms with E-state index in [4.69, 9.17) is 4.74 Å². The van der Waals surface area contributed by atoms with Crippen LogP contribution >= 0.6 is 0 Å². The average Bonchev–Trinajstić information content (AvgIpc) is 3.14. The molecule has 28 heavy (non-hydrogen) atoms. The highest BCUT2D eigenvalue weighted by atomic mass is 16.6. The minimum atomic E-state index is -0.530. The zero-order valence-electron chi connectivity index (χ0n) is 15.8. The fourth-order valence-corrected chi connectivity index (χ4v) is 2.62. The van der Waals surface area contributed by atoms with Crippen LogP contribution in [0.1, 0.15) is 28.5 Å². The number of carbonyl (C=O) groups excluding carboxylic acids is 1. The number of hydrogen-bond donors (Lipinski definition) is 1. The van der Waals surface area contributed by atoms with Crippen LogP contribution in [-0.2, 0) is 6.54 Å². The number of anilines is 1. The maximum absolute atomic E-state index is 12.4. The topological polar surface area (TPSA) is 99.3 Å². The van der Waals surface area contributed by atoms with Gasteiger partial charge in [0.15, 0.2) is 5.69 Å². The Kier molecular flexibility index (Phi) is 5.39. The second-order valence-corrected chi connectivity index (χ2v) is 6.35. The zero-order chi connectivity index (χ0) is 20.3. The number of nitrogens with zero attached hydrogens (tertiary/aromatic N) is 3. The molecule has 0 saturated heterocycles. The Bertz CT molecular complexity index is 1040. The predicted octanol–water partition coefficient (Wildman–Crippen LogP) is 4.47. The number of rotatable bonds is 6. The van der Waals surface area contributed by atoms with E-state index in [9.17, 15) is 14.9 Å². The van der Waals surface area contributed by atoms with Gasteiger partial charge in [0.2, 0.25) is 0 Å². The molecule has 8 nitrogen and oxygen atoms in total. The molecule has 0 aliphatic rings. The van der Waals surface area contributed by atoms with Crippen molar-refractivity contribution in [3.8, 4) is 11.5 Å². The molecule has 0 spiro atoms. The lowest BCUT2D eigenvalue weighted by Crippen LogP contribution is -2.13. The fourth-order valence-electron chi connectivity index (χ4n) is 2.62. The first-order valence-corrected chi connectivity index (χ1v) is 8.75. The number of nitro groups is 1. The van der Waals surface area contributed by atoms with Crippen LogP contribution in [0.15, 0.2) is 48.7 Å². The molecule has 0 saturated carbocycles. The normalized spacial score (nSPS) is 10.5. The molecule has 1 heterocycles. The molecule has 2 aromatic carbocycles. The average molecular weight is 380 g/mol. The Balaban J connectivity index is 1.89. The first-order valence-electron chi connectivity index (χ1n) is 8.75. The van der Waals surface area contributed by atoms with Crippen LogP contribution in [0.25, 0.3) is 0 Å². The second kappa shape index (κ2) is 7.91. The van der Waals surface area contributed by atoms with Crippen molar-refractivity contribution >= 4 is 17.3 Å². The Labute approximate surface area is 161 Å². The van der Waals surface area contributed by atoms with Gasteiger partial charge in [-0.2, -0.15) is 5.10 Å². The van der Waals surface area contributed by atoms with Crippen molar-refractivity contribution < 1.29 is 14.5 Å². The summed E-state index contributed by atoms with van der Waals surface area (Å²) in [5.41, 5.74) is 2.20. The van der Waals surface area contributed by atoms with E-state index in [0.717, 1.165) is 11.1 Å². The monoisotopic (exact) mass is 380 g/mol. The summed E-state index contributed by atoms with van der Waals surface area (Å²) in [6, 6.07) is 11.5. The maximum Gasteiger partial charge on any atom is 0.276 e. The Morgan fingerprint density at radius 3 is 2.68 bits per heavy atom. The molecule has 0 fully saturated rings. The van der Waals surface area contributed by atoms with Gasteiger partial charge in [-0.1, -0.05) is 12.1 Å². The lowest BCUT2D eigenvalue weighted by molar-refractivity contribution is -0.384. The molecule has 1 amide bonds. The molecule has 0 unspecified atom stereocenters. The summed E-state index contributed by atoms with van der Waals surface area (Å²) in [5, 5.41) is 18.1. The molecule has 0 aliphatic heterocycles. The summed E-state index contributed by atoms with van der Waals surface area (Å²) in [6.07, 6.45) is 1.69. The third-order valence-electron chi connectivity index (χ3n) is 4.13. The predicted molar refractivity (Wildman–Crippen MR) is 105 cm³/mol. The molecule has 0 aliphatic carbocycles. The number of non-ortho nitro benzene ring substituents is 1. The van der Waals surface area contributed by atoms with Gasteiger partial charge in [0.05, 0.1) is 16.7 Å². The van der Waals surface area contributed by atoms with E-state index in [0.29, 0.717) is 12.3 Å². The van der Waals surface area contributed by atoms with Crippen molar-refractivity contribution in [3.63, 3.8) is 0 Å². The third kappa shape index (κ3) is 4.35. The largest absolute Gasteiger partial charge is 0.457 e. The van der Waals surface area contributed by atoms with Crippen molar-refractivity contribution in [1.82, 2.24) is 9.78 Å². The SMILES string of the molecule is CCn1ccc(C(=O)Nc2cc(Oc3cc(C)ccc3C)cc([N+](=O)[O-])c2)n1. The van der Waals surface area contributed by atoms with Crippen molar-refractivity contribution in [2.75, 3.05) is 5.32 Å². The Hall–Kier alpha value is -3.68. The van der Waals surface area contributed by atoms with Crippen molar-refractivity contribution in [3.05, 3.63) is 75.6 Å². The van der Waals surface area contributed by atoms with Gasteiger partial charge in [-0.15, -0.1) is 0 Å². The van der Waals surface area contributed by atoms with Gasteiger partial charge in [0.1, 0.15) is 11.5 Å². The smallest absolute Gasteiger partial charge is 0.276 e. The van der Waals surface area contributed by atoms with E-state index < -0.39 is 10.8 Å². The molecular formula is C20H20N4O4. The summed E-state index contributed by atoms with van der Waals surface area (Å²) in [7, 11) is 0. The number of benzene rings is 2. The molecule has 3 aromatic rings. The van der Waals surface area contributed by atoms with Crippen molar-refractivity contribution in [1.29, 1.82) is 0 Å². The minimum Gasteiger partial charge on any atom is -0.457 e. The highest BCUT2D eigenvalue weighted by molar-refractivity contribution is 6.03. The van der Waals surface area contributed by atoms with Crippen LogP contribution in [0, 0.1) is 24.0 Å². The summed E-state index contributed by atoms with van der Waals surface area (Å²) in [6.45, 7) is 6.36. The summed E-state index contributed by atoms with van der Waals surface area (Å²) >= 11 is 0. The Morgan fingerprint density at radius 1 is 1.21 bits per heavy atom. The lowest BCUT2D eigenvalue weighted by Gasteiger charge is -2.11.